The Bertz CT molecular complexity index is 1540. The summed E-state index contributed by atoms with van der Waals surface area (Å²) in [5.41, 5.74) is 8.85. The van der Waals surface area contributed by atoms with E-state index in [1.807, 2.05) is 36.4 Å². The second-order valence-corrected chi connectivity index (χ2v) is 10.5. The molecule has 1 aliphatic heterocycles. The Morgan fingerprint density at radius 1 is 0.944 bits per heavy atom. The maximum Gasteiger partial charge on any atom is 0.255 e. The topological polar surface area (TPSA) is 45.2 Å². The second-order valence-electron chi connectivity index (χ2n) is 9.45. The molecule has 0 saturated carbocycles. The van der Waals surface area contributed by atoms with Gasteiger partial charge < -0.3 is 5.32 Å². The number of anilines is 1. The van der Waals surface area contributed by atoms with Crippen molar-refractivity contribution >= 4 is 33.1 Å². The summed E-state index contributed by atoms with van der Waals surface area (Å²) in [5, 5.41) is 4.00. The fraction of sp³-hybridized carbons (Fsp3) is 0.161. The van der Waals surface area contributed by atoms with Crippen molar-refractivity contribution in [2.45, 2.75) is 26.4 Å². The molecule has 0 saturated heterocycles. The van der Waals surface area contributed by atoms with Crippen LogP contribution in [-0.4, -0.2) is 22.3 Å². The largest absolute Gasteiger partial charge is 0.322 e. The molecule has 0 bridgehead atoms. The van der Waals surface area contributed by atoms with Crippen LogP contribution in [0.15, 0.2) is 91.0 Å². The molecule has 5 aromatic rings. The molecule has 2 heterocycles. The van der Waals surface area contributed by atoms with E-state index in [2.05, 4.69) is 71.7 Å². The summed E-state index contributed by atoms with van der Waals surface area (Å²) in [6.45, 7) is 5.03. The van der Waals surface area contributed by atoms with E-state index in [0.29, 0.717) is 5.56 Å². The number of aromatic nitrogens is 1. The Hall–Kier alpha value is -3.80. The van der Waals surface area contributed by atoms with Gasteiger partial charge >= 0.3 is 0 Å². The van der Waals surface area contributed by atoms with Crippen molar-refractivity contribution < 1.29 is 4.79 Å². The average Bonchev–Trinajstić information content (AvgIpc) is 3.33. The predicted molar refractivity (Wildman–Crippen MR) is 148 cm³/mol. The quantitative estimate of drug-likeness (QED) is 0.287. The SMILES string of the molecule is Cc1ccc2nc(-c3ccc(NC(=O)c4ccc(CN5CCc6ccccc6C5)cc4)cc3)sc2c1. The zero-order valence-corrected chi connectivity index (χ0v) is 21.0. The molecular formula is C31H27N3OS. The summed E-state index contributed by atoms with van der Waals surface area (Å²) in [6, 6.07) is 30.9. The van der Waals surface area contributed by atoms with E-state index in [-0.39, 0.29) is 5.91 Å². The third-order valence-electron chi connectivity index (χ3n) is 6.77. The molecule has 0 spiro atoms. The van der Waals surface area contributed by atoms with E-state index >= 15 is 0 Å². The lowest BCUT2D eigenvalue weighted by atomic mass is 9.99. The smallest absolute Gasteiger partial charge is 0.255 e. The third kappa shape index (κ3) is 4.81. The van der Waals surface area contributed by atoms with Crippen LogP contribution in [-0.2, 0) is 19.5 Å². The van der Waals surface area contributed by atoms with Gasteiger partial charge in [0.1, 0.15) is 5.01 Å². The number of fused-ring (bicyclic) bond motifs is 2. The number of nitrogens with one attached hydrogen (secondary N) is 1. The molecule has 0 aliphatic carbocycles. The summed E-state index contributed by atoms with van der Waals surface area (Å²) < 4.78 is 1.19. The van der Waals surface area contributed by atoms with Gasteiger partial charge in [-0.05, 0) is 84.1 Å². The van der Waals surface area contributed by atoms with Gasteiger partial charge in [0, 0.05) is 36.4 Å². The molecule has 6 rings (SSSR count). The van der Waals surface area contributed by atoms with E-state index in [1.165, 1.54) is 27.0 Å². The molecule has 0 atom stereocenters. The Morgan fingerprint density at radius 3 is 2.53 bits per heavy atom. The fourth-order valence-corrected chi connectivity index (χ4v) is 5.83. The molecule has 0 unspecified atom stereocenters. The van der Waals surface area contributed by atoms with E-state index in [0.717, 1.165) is 47.8 Å². The van der Waals surface area contributed by atoms with Crippen LogP contribution >= 0.6 is 11.3 Å². The van der Waals surface area contributed by atoms with Crippen LogP contribution in [0.2, 0.25) is 0 Å². The summed E-state index contributed by atoms with van der Waals surface area (Å²) >= 11 is 1.69. The number of hydrogen-bond donors (Lipinski definition) is 1. The maximum atomic E-state index is 12.8. The molecular weight excluding hydrogens is 462 g/mol. The van der Waals surface area contributed by atoms with Crippen molar-refractivity contribution in [3.63, 3.8) is 0 Å². The minimum Gasteiger partial charge on any atom is -0.322 e. The molecule has 1 amide bonds. The lowest BCUT2D eigenvalue weighted by molar-refractivity contribution is 0.102. The number of amides is 1. The molecule has 178 valence electrons. The Labute approximate surface area is 215 Å². The number of aryl methyl sites for hydroxylation is 1. The molecule has 0 radical (unpaired) electrons. The van der Waals surface area contributed by atoms with Gasteiger partial charge in [0.15, 0.2) is 0 Å². The van der Waals surface area contributed by atoms with Crippen molar-refractivity contribution in [3.05, 3.63) is 119 Å². The molecule has 5 heteroatoms. The van der Waals surface area contributed by atoms with E-state index in [1.54, 1.807) is 11.3 Å². The van der Waals surface area contributed by atoms with Gasteiger partial charge in [0.25, 0.3) is 5.91 Å². The summed E-state index contributed by atoms with van der Waals surface area (Å²) in [5.74, 6) is -0.100. The van der Waals surface area contributed by atoms with Crippen molar-refractivity contribution in [2.24, 2.45) is 0 Å². The molecule has 0 fully saturated rings. The number of carbonyl (C=O) groups is 1. The van der Waals surface area contributed by atoms with Crippen LogP contribution < -0.4 is 5.32 Å². The van der Waals surface area contributed by atoms with Crippen LogP contribution in [0.4, 0.5) is 5.69 Å². The normalized spacial score (nSPS) is 13.5. The van der Waals surface area contributed by atoms with Gasteiger partial charge in [-0.3, -0.25) is 9.69 Å². The highest BCUT2D eigenvalue weighted by Gasteiger charge is 2.16. The number of hydrogen-bond acceptors (Lipinski definition) is 4. The number of thiazole rings is 1. The van der Waals surface area contributed by atoms with Crippen LogP contribution in [0.25, 0.3) is 20.8 Å². The first-order valence-electron chi connectivity index (χ1n) is 12.3. The van der Waals surface area contributed by atoms with Crippen LogP contribution in [0.3, 0.4) is 0 Å². The van der Waals surface area contributed by atoms with Crippen LogP contribution in [0.1, 0.15) is 32.6 Å². The Morgan fingerprint density at radius 2 is 1.72 bits per heavy atom. The molecule has 1 aromatic heterocycles. The molecule has 36 heavy (non-hydrogen) atoms. The zero-order chi connectivity index (χ0) is 24.5. The first kappa shape index (κ1) is 22.7. The standard InChI is InChI=1S/C31H27N3OS/c1-21-6-15-28-29(18-21)36-31(33-28)25-11-13-27(14-12-25)32-30(35)24-9-7-22(8-10-24)19-34-17-16-23-4-2-3-5-26(23)20-34/h2-15,18H,16-17,19-20H2,1H3,(H,32,35). The van der Waals surface area contributed by atoms with Gasteiger partial charge in [-0.15, -0.1) is 11.3 Å². The van der Waals surface area contributed by atoms with Crippen molar-refractivity contribution in [1.29, 1.82) is 0 Å². The second kappa shape index (κ2) is 9.69. The predicted octanol–water partition coefficient (Wildman–Crippen LogP) is 7.08. The Balaban J connectivity index is 1.08. The monoisotopic (exact) mass is 489 g/mol. The molecule has 1 N–H and O–H groups in total. The van der Waals surface area contributed by atoms with Crippen molar-refractivity contribution in [2.75, 3.05) is 11.9 Å². The molecule has 4 aromatic carbocycles. The van der Waals surface area contributed by atoms with E-state index < -0.39 is 0 Å². The highest BCUT2D eigenvalue weighted by Crippen LogP contribution is 2.31. The average molecular weight is 490 g/mol. The van der Waals surface area contributed by atoms with E-state index in [9.17, 15) is 4.79 Å². The summed E-state index contributed by atoms with van der Waals surface area (Å²) in [6.07, 6.45) is 1.09. The highest BCUT2D eigenvalue weighted by molar-refractivity contribution is 7.21. The number of nitrogens with zero attached hydrogens (tertiary/aromatic N) is 2. The van der Waals surface area contributed by atoms with E-state index in [4.69, 9.17) is 4.98 Å². The number of rotatable bonds is 5. The van der Waals surface area contributed by atoms with Gasteiger partial charge in [-0.1, -0.05) is 42.5 Å². The molecule has 4 nitrogen and oxygen atoms in total. The number of carbonyl (C=O) groups excluding carboxylic acids is 1. The first-order valence-corrected chi connectivity index (χ1v) is 13.1. The maximum absolute atomic E-state index is 12.8. The molecule has 1 aliphatic rings. The van der Waals surface area contributed by atoms with Crippen LogP contribution in [0.5, 0.6) is 0 Å². The lowest BCUT2D eigenvalue weighted by Crippen LogP contribution is -2.29. The fourth-order valence-electron chi connectivity index (χ4n) is 4.76. The van der Waals surface area contributed by atoms with Gasteiger partial charge in [0.2, 0.25) is 0 Å². The minimum atomic E-state index is -0.100. The van der Waals surface area contributed by atoms with Crippen molar-refractivity contribution in [3.8, 4) is 10.6 Å². The zero-order valence-electron chi connectivity index (χ0n) is 20.2. The minimum absolute atomic E-state index is 0.100. The summed E-state index contributed by atoms with van der Waals surface area (Å²) in [4.78, 5) is 20.0. The first-order chi connectivity index (χ1) is 17.6. The highest BCUT2D eigenvalue weighted by atomic mass is 32.1. The lowest BCUT2D eigenvalue weighted by Gasteiger charge is -2.28. The van der Waals surface area contributed by atoms with Gasteiger partial charge in [0.05, 0.1) is 10.2 Å². The number of benzene rings is 4. The third-order valence-corrected chi connectivity index (χ3v) is 7.83. The Kier molecular flexibility index (Phi) is 6.09. The van der Waals surface area contributed by atoms with Gasteiger partial charge in [-0.2, -0.15) is 0 Å². The van der Waals surface area contributed by atoms with Crippen molar-refractivity contribution in [1.82, 2.24) is 9.88 Å². The summed E-state index contributed by atoms with van der Waals surface area (Å²) in [7, 11) is 0. The van der Waals surface area contributed by atoms with Crippen LogP contribution in [0, 0.1) is 6.92 Å². The van der Waals surface area contributed by atoms with Gasteiger partial charge in [-0.25, -0.2) is 4.98 Å².